The van der Waals surface area contributed by atoms with Gasteiger partial charge in [-0.05, 0) is 30.7 Å². The number of hydrogen-bond acceptors (Lipinski definition) is 4. The van der Waals surface area contributed by atoms with E-state index < -0.39 is 0 Å². The number of carbonyl (C=O) groups is 1. The fourth-order valence-corrected chi connectivity index (χ4v) is 2.25. The van der Waals surface area contributed by atoms with Crippen molar-refractivity contribution in [2.24, 2.45) is 0 Å². The molecule has 0 aromatic heterocycles. The van der Waals surface area contributed by atoms with E-state index >= 15 is 0 Å². The van der Waals surface area contributed by atoms with Gasteiger partial charge < -0.3 is 19.5 Å². The average molecular weight is 265 g/mol. The second kappa shape index (κ2) is 6.04. The lowest BCUT2D eigenvalue weighted by Crippen LogP contribution is -2.50. The molecule has 1 amide bonds. The number of aliphatic hydroxyl groups is 1. The molecule has 0 aliphatic carbocycles. The Balaban J connectivity index is 2.20. The zero-order chi connectivity index (χ0) is 13.8. The van der Waals surface area contributed by atoms with Gasteiger partial charge in [-0.15, -0.1) is 0 Å². The van der Waals surface area contributed by atoms with Gasteiger partial charge in [-0.25, -0.2) is 0 Å². The van der Waals surface area contributed by atoms with Crippen molar-refractivity contribution in [2.75, 3.05) is 33.5 Å². The Bertz CT molecular complexity index is 461. The molecule has 104 valence electrons. The van der Waals surface area contributed by atoms with Crippen molar-refractivity contribution in [3.8, 4) is 5.75 Å². The summed E-state index contributed by atoms with van der Waals surface area (Å²) in [7, 11) is 1.60. The summed E-state index contributed by atoms with van der Waals surface area (Å²) in [4.78, 5) is 14.1. The number of morpholine rings is 1. The Morgan fingerprint density at radius 3 is 3.00 bits per heavy atom. The molecule has 1 N–H and O–H groups in total. The van der Waals surface area contributed by atoms with Gasteiger partial charge in [-0.3, -0.25) is 4.79 Å². The molecule has 1 fully saturated rings. The molecule has 5 heteroatoms. The van der Waals surface area contributed by atoms with Gasteiger partial charge in [-0.2, -0.15) is 0 Å². The van der Waals surface area contributed by atoms with Gasteiger partial charge in [0.2, 0.25) is 0 Å². The van der Waals surface area contributed by atoms with Crippen LogP contribution in [0.15, 0.2) is 18.2 Å². The molecule has 1 saturated heterocycles. The Kier molecular flexibility index (Phi) is 4.39. The highest BCUT2D eigenvalue weighted by Crippen LogP contribution is 2.20. The van der Waals surface area contributed by atoms with Crippen LogP contribution in [0.5, 0.6) is 5.75 Å². The molecular formula is C14H19NO4. The van der Waals surface area contributed by atoms with Crippen LogP contribution in [0.2, 0.25) is 0 Å². The highest BCUT2D eigenvalue weighted by atomic mass is 16.5. The van der Waals surface area contributed by atoms with Crippen LogP contribution >= 0.6 is 0 Å². The first kappa shape index (κ1) is 13.8. The molecule has 19 heavy (non-hydrogen) atoms. The largest absolute Gasteiger partial charge is 0.496 e. The monoisotopic (exact) mass is 265 g/mol. The van der Waals surface area contributed by atoms with Crippen molar-refractivity contribution in [1.82, 2.24) is 4.90 Å². The molecule has 1 aliphatic rings. The van der Waals surface area contributed by atoms with E-state index in [9.17, 15) is 9.90 Å². The molecule has 1 atom stereocenters. The number of aryl methyl sites for hydroxylation is 1. The molecule has 1 heterocycles. The number of benzene rings is 1. The van der Waals surface area contributed by atoms with Crippen LogP contribution in [0.1, 0.15) is 15.9 Å². The minimum atomic E-state index is -0.261. The smallest absolute Gasteiger partial charge is 0.254 e. The Labute approximate surface area is 112 Å². The van der Waals surface area contributed by atoms with Crippen LogP contribution in [-0.2, 0) is 4.74 Å². The minimum absolute atomic E-state index is 0.0758. The van der Waals surface area contributed by atoms with E-state index in [1.54, 1.807) is 24.1 Å². The number of aliphatic hydroxyl groups excluding tert-OH is 1. The van der Waals surface area contributed by atoms with Gasteiger partial charge in [0.1, 0.15) is 5.75 Å². The van der Waals surface area contributed by atoms with Crippen LogP contribution in [0.25, 0.3) is 0 Å². The summed E-state index contributed by atoms with van der Waals surface area (Å²) in [5, 5.41) is 9.30. The zero-order valence-corrected chi connectivity index (χ0v) is 11.3. The van der Waals surface area contributed by atoms with Gasteiger partial charge >= 0.3 is 0 Å². The maximum atomic E-state index is 12.4. The molecule has 1 aromatic rings. The quantitative estimate of drug-likeness (QED) is 0.879. The first-order valence-electron chi connectivity index (χ1n) is 6.31. The normalized spacial score (nSPS) is 19.3. The standard InChI is InChI=1S/C14H19NO4/c1-10-7-11(3-4-13(10)18-2)14(17)15-5-6-19-9-12(15)8-16/h3-4,7,12,16H,5-6,8-9H2,1-2H3. The minimum Gasteiger partial charge on any atom is -0.496 e. The Morgan fingerprint density at radius 2 is 2.37 bits per heavy atom. The number of amides is 1. The summed E-state index contributed by atoms with van der Waals surface area (Å²) in [6.45, 7) is 3.23. The van der Waals surface area contributed by atoms with E-state index in [0.29, 0.717) is 25.3 Å². The second-order valence-electron chi connectivity index (χ2n) is 4.59. The predicted molar refractivity (Wildman–Crippen MR) is 70.5 cm³/mol. The lowest BCUT2D eigenvalue weighted by atomic mass is 10.1. The van der Waals surface area contributed by atoms with Crippen molar-refractivity contribution in [1.29, 1.82) is 0 Å². The molecular weight excluding hydrogens is 246 g/mol. The summed E-state index contributed by atoms with van der Waals surface area (Å²) in [5.74, 6) is 0.685. The molecule has 2 rings (SSSR count). The van der Waals surface area contributed by atoms with Crippen LogP contribution in [0, 0.1) is 6.92 Å². The van der Waals surface area contributed by atoms with Crippen molar-refractivity contribution >= 4 is 5.91 Å². The summed E-state index contributed by atoms with van der Waals surface area (Å²) in [5.41, 5.74) is 1.53. The van der Waals surface area contributed by atoms with E-state index in [0.717, 1.165) is 11.3 Å². The van der Waals surface area contributed by atoms with Gasteiger partial charge in [0.25, 0.3) is 5.91 Å². The number of ether oxygens (including phenoxy) is 2. The zero-order valence-electron chi connectivity index (χ0n) is 11.3. The highest BCUT2D eigenvalue weighted by molar-refractivity contribution is 5.95. The van der Waals surface area contributed by atoms with Crippen molar-refractivity contribution in [2.45, 2.75) is 13.0 Å². The number of methoxy groups -OCH3 is 1. The van der Waals surface area contributed by atoms with E-state index in [1.165, 1.54) is 0 Å². The molecule has 0 saturated carbocycles. The number of carbonyl (C=O) groups excluding carboxylic acids is 1. The molecule has 1 aromatic carbocycles. The van der Waals surface area contributed by atoms with Crippen LogP contribution in [0.3, 0.4) is 0 Å². The van der Waals surface area contributed by atoms with Crippen molar-refractivity contribution in [3.05, 3.63) is 29.3 Å². The first-order chi connectivity index (χ1) is 9.17. The van der Waals surface area contributed by atoms with E-state index in [1.807, 2.05) is 13.0 Å². The predicted octanol–water partition coefficient (Wildman–Crippen LogP) is 0.837. The summed E-state index contributed by atoms with van der Waals surface area (Å²) < 4.78 is 10.5. The molecule has 0 spiro atoms. The Hall–Kier alpha value is -1.59. The summed E-state index contributed by atoms with van der Waals surface area (Å²) in [6, 6.07) is 5.09. The topological polar surface area (TPSA) is 59.0 Å². The molecule has 5 nitrogen and oxygen atoms in total. The molecule has 1 unspecified atom stereocenters. The molecule has 0 radical (unpaired) electrons. The second-order valence-corrected chi connectivity index (χ2v) is 4.59. The third-order valence-electron chi connectivity index (χ3n) is 3.34. The van der Waals surface area contributed by atoms with Crippen LogP contribution in [-0.4, -0.2) is 55.4 Å². The fourth-order valence-electron chi connectivity index (χ4n) is 2.25. The lowest BCUT2D eigenvalue weighted by molar-refractivity contribution is -0.0184. The molecule has 0 bridgehead atoms. The van der Waals surface area contributed by atoms with Crippen molar-refractivity contribution < 1.29 is 19.4 Å². The third-order valence-corrected chi connectivity index (χ3v) is 3.34. The van der Waals surface area contributed by atoms with Crippen LogP contribution in [0.4, 0.5) is 0 Å². The maximum absolute atomic E-state index is 12.4. The van der Waals surface area contributed by atoms with Gasteiger partial charge in [0.15, 0.2) is 0 Å². The first-order valence-corrected chi connectivity index (χ1v) is 6.31. The number of nitrogens with zero attached hydrogens (tertiary/aromatic N) is 1. The van der Waals surface area contributed by atoms with E-state index in [-0.39, 0.29) is 18.6 Å². The molecule has 1 aliphatic heterocycles. The number of rotatable bonds is 3. The maximum Gasteiger partial charge on any atom is 0.254 e. The van der Waals surface area contributed by atoms with E-state index in [2.05, 4.69) is 0 Å². The number of hydrogen-bond donors (Lipinski definition) is 1. The summed E-state index contributed by atoms with van der Waals surface area (Å²) in [6.07, 6.45) is 0. The SMILES string of the molecule is COc1ccc(C(=O)N2CCOCC2CO)cc1C. The Morgan fingerprint density at radius 1 is 1.58 bits per heavy atom. The lowest BCUT2D eigenvalue weighted by Gasteiger charge is -2.34. The average Bonchev–Trinajstić information content (AvgIpc) is 2.46. The highest BCUT2D eigenvalue weighted by Gasteiger charge is 2.27. The van der Waals surface area contributed by atoms with Crippen molar-refractivity contribution in [3.63, 3.8) is 0 Å². The van der Waals surface area contributed by atoms with Crippen LogP contribution < -0.4 is 4.74 Å². The third kappa shape index (κ3) is 2.88. The fraction of sp³-hybridized carbons (Fsp3) is 0.500. The summed E-state index contributed by atoms with van der Waals surface area (Å²) >= 11 is 0. The van der Waals surface area contributed by atoms with E-state index in [4.69, 9.17) is 9.47 Å². The van der Waals surface area contributed by atoms with Gasteiger partial charge in [-0.1, -0.05) is 0 Å². The van der Waals surface area contributed by atoms with Gasteiger partial charge in [0, 0.05) is 12.1 Å². The van der Waals surface area contributed by atoms with Gasteiger partial charge in [0.05, 0.1) is 33.0 Å².